The summed E-state index contributed by atoms with van der Waals surface area (Å²) in [6.45, 7) is 3.82. The minimum absolute atomic E-state index is 0.0124. The van der Waals surface area contributed by atoms with Crippen LogP contribution >= 0.6 is 0 Å². The van der Waals surface area contributed by atoms with E-state index in [1.807, 2.05) is 12.1 Å². The van der Waals surface area contributed by atoms with Crippen molar-refractivity contribution in [2.45, 2.75) is 25.9 Å². The van der Waals surface area contributed by atoms with Crippen molar-refractivity contribution in [1.82, 2.24) is 15.1 Å². The molecule has 158 valence electrons. The summed E-state index contributed by atoms with van der Waals surface area (Å²) in [6, 6.07) is 14.5. The fourth-order valence-electron chi connectivity index (χ4n) is 3.99. The number of rotatable bonds is 7. The van der Waals surface area contributed by atoms with E-state index < -0.39 is 0 Å². The van der Waals surface area contributed by atoms with Gasteiger partial charge in [0.15, 0.2) is 0 Å². The Bertz CT molecular complexity index is 896. The van der Waals surface area contributed by atoms with Crippen LogP contribution in [-0.4, -0.2) is 54.5 Å². The highest BCUT2D eigenvalue weighted by atomic mass is 19.1. The number of carbonyl (C=O) groups is 2. The molecule has 2 aromatic rings. The van der Waals surface area contributed by atoms with Gasteiger partial charge in [-0.25, -0.2) is 9.18 Å². The molecular weight excluding hydrogens is 383 g/mol. The zero-order valence-corrected chi connectivity index (χ0v) is 17.0. The summed E-state index contributed by atoms with van der Waals surface area (Å²) in [4.78, 5) is 30.3. The Morgan fingerprint density at radius 1 is 0.933 bits per heavy atom. The van der Waals surface area contributed by atoms with Gasteiger partial charge in [0.1, 0.15) is 12.4 Å². The van der Waals surface area contributed by atoms with E-state index >= 15 is 0 Å². The number of urea groups is 1. The number of halogens is 1. The molecule has 7 heteroatoms. The molecule has 2 saturated heterocycles. The third-order valence-corrected chi connectivity index (χ3v) is 5.73. The maximum absolute atomic E-state index is 13.8. The Hall–Kier alpha value is -3.09. The topological polar surface area (TPSA) is 55.9 Å². The van der Waals surface area contributed by atoms with Gasteiger partial charge < -0.3 is 20.0 Å². The van der Waals surface area contributed by atoms with Gasteiger partial charge >= 0.3 is 6.03 Å². The Labute approximate surface area is 176 Å². The Kier molecular flexibility index (Phi) is 6.16. The summed E-state index contributed by atoms with van der Waals surface area (Å²) >= 11 is 0. The van der Waals surface area contributed by atoms with Crippen LogP contribution in [0.25, 0.3) is 0 Å². The van der Waals surface area contributed by atoms with Gasteiger partial charge in [0, 0.05) is 44.0 Å². The summed E-state index contributed by atoms with van der Waals surface area (Å²) in [6.07, 6.45) is 2.48. The molecule has 0 atom stereocenters. The van der Waals surface area contributed by atoms with Crippen molar-refractivity contribution in [3.05, 3.63) is 65.5 Å². The molecule has 2 aromatic carbocycles. The third kappa shape index (κ3) is 4.72. The van der Waals surface area contributed by atoms with E-state index in [0.29, 0.717) is 25.2 Å². The second-order valence-corrected chi connectivity index (χ2v) is 7.85. The quantitative estimate of drug-likeness (QED) is 0.764. The lowest BCUT2D eigenvalue weighted by molar-refractivity contribution is -0.121. The molecule has 0 aliphatic carbocycles. The van der Waals surface area contributed by atoms with E-state index in [-0.39, 0.29) is 30.8 Å². The Morgan fingerprint density at radius 3 is 2.37 bits per heavy atom. The Morgan fingerprint density at radius 2 is 1.63 bits per heavy atom. The van der Waals surface area contributed by atoms with E-state index in [1.165, 1.54) is 29.5 Å². The lowest BCUT2D eigenvalue weighted by atomic mass is 10.2. The number of carbonyl (C=O) groups excluding carboxylic acids is 2. The zero-order chi connectivity index (χ0) is 20.9. The molecular formula is C23H27FN4O2. The molecule has 2 heterocycles. The SMILES string of the molecule is O=C(CN1CCN(Cc2ccccc2F)C1=O)NCc1ccc(N2CCCC2)cc1. The van der Waals surface area contributed by atoms with Gasteiger partial charge in [0.05, 0.1) is 6.54 Å². The monoisotopic (exact) mass is 410 g/mol. The molecule has 4 rings (SSSR count). The molecule has 0 bridgehead atoms. The van der Waals surface area contributed by atoms with Crippen LogP contribution < -0.4 is 10.2 Å². The number of nitrogens with one attached hydrogen (secondary N) is 1. The maximum atomic E-state index is 13.8. The predicted molar refractivity (Wildman–Crippen MR) is 114 cm³/mol. The molecule has 30 heavy (non-hydrogen) atoms. The largest absolute Gasteiger partial charge is 0.372 e. The minimum atomic E-state index is -0.322. The van der Waals surface area contributed by atoms with Gasteiger partial charge in [0.25, 0.3) is 0 Å². The fraction of sp³-hybridized carbons (Fsp3) is 0.391. The minimum Gasteiger partial charge on any atom is -0.372 e. The van der Waals surface area contributed by atoms with E-state index in [1.54, 1.807) is 23.1 Å². The first kappa shape index (κ1) is 20.2. The van der Waals surface area contributed by atoms with Gasteiger partial charge in [-0.2, -0.15) is 0 Å². The van der Waals surface area contributed by atoms with E-state index in [4.69, 9.17) is 0 Å². The van der Waals surface area contributed by atoms with Crippen LogP contribution in [0, 0.1) is 5.82 Å². The Balaban J connectivity index is 1.24. The van der Waals surface area contributed by atoms with Gasteiger partial charge in [-0.05, 0) is 36.6 Å². The van der Waals surface area contributed by atoms with Crippen LogP contribution in [-0.2, 0) is 17.9 Å². The van der Waals surface area contributed by atoms with Gasteiger partial charge in [-0.1, -0.05) is 30.3 Å². The molecule has 0 radical (unpaired) electrons. The van der Waals surface area contributed by atoms with Crippen molar-refractivity contribution < 1.29 is 14.0 Å². The highest BCUT2D eigenvalue weighted by Crippen LogP contribution is 2.20. The summed E-state index contributed by atoms with van der Waals surface area (Å²) < 4.78 is 13.8. The molecule has 0 unspecified atom stereocenters. The first-order chi connectivity index (χ1) is 14.6. The van der Waals surface area contributed by atoms with Crippen molar-refractivity contribution in [3.8, 4) is 0 Å². The molecule has 2 fully saturated rings. The number of benzene rings is 2. The third-order valence-electron chi connectivity index (χ3n) is 5.73. The lowest BCUT2D eigenvalue weighted by Gasteiger charge is -2.19. The van der Waals surface area contributed by atoms with Crippen molar-refractivity contribution in [2.24, 2.45) is 0 Å². The van der Waals surface area contributed by atoms with Crippen molar-refractivity contribution in [2.75, 3.05) is 37.6 Å². The highest BCUT2D eigenvalue weighted by molar-refractivity contribution is 5.85. The highest BCUT2D eigenvalue weighted by Gasteiger charge is 2.30. The molecule has 6 nitrogen and oxygen atoms in total. The normalized spacial score (nSPS) is 16.4. The molecule has 0 saturated carbocycles. The van der Waals surface area contributed by atoms with Crippen LogP contribution in [0.4, 0.5) is 14.9 Å². The first-order valence-corrected chi connectivity index (χ1v) is 10.5. The van der Waals surface area contributed by atoms with Crippen LogP contribution in [0.3, 0.4) is 0 Å². The number of hydrogen-bond donors (Lipinski definition) is 1. The van der Waals surface area contributed by atoms with Crippen molar-refractivity contribution in [1.29, 1.82) is 0 Å². The van der Waals surface area contributed by atoms with E-state index in [9.17, 15) is 14.0 Å². The molecule has 3 amide bonds. The average Bonchev–Trinajstić information content (AvgIpc) is 3.40. The summed E-state index contributed by atoms with van der Waals surface area (Å²) in [5.41, 5.74) is 2.73. The molecule has 0 spiro atoms. The number of hydrogen-bond acceptors (Lipinski definition) is 3. The second-order valence-electron chi connectivity index (χ2n) is 7.85. The number of anilines is 1. The molecule has 2 aliphatic rings. The predicted octanol–water partition coefficient (Wildman–Crippen LogP) is 2.98. The lowest BCUT2D eigenvalue weighted by Crippen LogP contribution is -2.39. The number of amides is 3. The second kappa shape index (κ2) is 9.15. The summed E-state index contributed by atoms with van der Waals surface area (Å²) in [5.74, 6) is -0.517. The van der Waals surface area contributed by atoms with Crippen molar-refractivity contribution >= 4 is 17.6 Å². The van der Waals surface area contributed by atoms with E-state index in [2.05, 4.69) is 22.3 Å². The smallest absolute Gasteiger partial charge is 0.320 e. The van der Waals surface area contributed by atoms with E-state index in [0.717, 1.165) is 18.7 Å². The van der Waals surface area contributed by atoms with Gasteiger partial charge in [-0.3, -0.25) is 4.79 Å². The van der Waals surface area contributed by atoms with Crippen LogP contribution in [0.15, 0.2) is 48.5 Å². The first-order valence-electron chi connectivity index (χ1n) is 10.5. The molecule has 2 aliphatic heterocycles. The van der Waals surface area contributed by atoms with Gasteiger partial charge in [-0.15, -0.1) is 0 Å². The standard InChI is InChI=1S/C23H27FN4O2/c24-21-6-2-1-5-19(21)16-27-13-14-28(23(27)30)17-22(29)25-15-18-7-9-20(10-8-18)26-11-3-4-12-26/h1-2,5-10H,3-4,11-17H2,(H,25,29). The maximum Gasteiger partial charge on any atom is 0.320 e. The van der Waals surface area contributed by atoms with Crippen molar-refractivity contribution in [3.63, 3.8) is 0 Å². The molecule has 1 N–H and O–H groups in total. The molecule has 0 aromatic heterocycles. The number of nitrogens with zero attached hydrogens (tertiary/aromatic N) is 3. The van der Waals surface area contributed by atoms with Crippen LogP contribution in [0.1, 0.15) is 24.0 Å². The van der Waals surface area contributed by atoms with Crippen LogP contribution in [0.2, 0.25) is 0 Å². The van der Waals surface area contributed by atoms with Crippen LogP contribution in [0.5, 0.6) is 0 Å². The summed E-state index contributed by atoms with van der Waals surface area (Å²) in [7, 11) is 0. The summed E-state index contributed by atoms with van der Waals surface area (Å²) in [5, 5.41) is 2.88. The van der Waals surface area contributed by atoms with Gasteiger partial charge in [0.2, 0.25) is 5.91 Å². The average molecular weight is 410 g/mol. The zero-order valence-electron chi connectivity index (χ0n) is 17.0. The fourth-order valence-corrected chi connectivity index (χ4v) is 3.99.